The van der Waals surface area contributed by atoms with Gasteiger partial charge in [-0.2, -0.15) is 0 Å². The van der Waals surface area contributed by atoms with Crippen LogP contribution < -0.4 is 5.32 Å². The van der Waals surface area contributed by atoms with Crippen LogP contribution in [0.15, 0.2) is 0 Å². The molecule has 1 aromatic heterocycles. The van der Waals surface area contributed by atoms with Gasteiger partial charge in [-0.25, -0.2) is 9.97 Å². The number of aryl methyl sites for hydroxylation is 2. The third kappa shape index (κ3) is 3.17. The molecule has 0 aromatic carbocycles. The molecule has 4 nitrogen and oxygen atoms in total. The Bertz CT molecular complexity index is 314. The second kappa shape index (κ2) is 6.43. The van der Waals surface area contributed by atoms with Gasteiger partial charge in [0.05, 0.1) is 0 Å². The highest BCUT2D eigenvalue weighted by Gasteiger charge is 2.08. The van der Waals surface area contributed by atoms with Crippen LogP contribution in [-0.4, -0.2) is 30.7 Å². The maximum absolute atomic E-state index is 5.03. The largest absolute Gasteiger partial charge is 0.385 e. The molecule has 0 saturated carbocycles. The number of rotatable bonds is 6. The topological polar surface area (TPSA) is 47.0 Å². The van der Waals surface area contributed by atoms with Gasteiger partial charge >= 0.3 is 0 Å². The Morgan fingerprint density at radius 1 is 1.31 bits per heavy atom. The first kappa shape index (κ1) is 12.9. The van der Waals surface area contributed by atoms with Gasteiger partial charge in [0.2, 0.25) is 0 Å². The Balaban J connectivity index is 2.84. The number of hydrogen-bond donors (Lipinski definition) is 1. The van der Waals surface area contributed by atoms with Crippen LogP contribution in [0.4, 0.5) is 5.82 Å². The van der Waals surface area contributed by atoms with Gasteiger partial charge in [0.1, 0.15) is 11.6 Å². The molecule has 0 bridgehead atoms. The van der Waals surface area contributed by atoms with Crippen molar-refractivity contribution in [2.45, 2.75) is 33.1 Å². The Morgan fingerprint density at radius 3 is 2.62 bits per heavy atom. The minimum Gasteiger partial charge on any atom is -0.385 e. The van der Waals surface area contributed by atoms with Crippen molar-refractivity contribution in [1.29, 1.82) is 0 Å². The molecule has 16 heavy (non-hydrogen) atoms. The van der Waals surface area contributed by atoms with E-state index in [4.69, 9.17) is 4.74 Å². The summed E-state index contributed by atoms with van der Waals surface area (Å²) in [4.78, 5) is 9.06. The summed E-state index contributed by atoms with van der Waals surface area (Å²) in [5.41, 5.74) is 2.28. The molecular formula is C12H21N3O. The summed E-state index contributed by atoms with van der Waals surface area (Å²) in [5.74, 6) is 1.85. The van der Waals surface area contributed by atoms with Crippen molar-refractivity contribution in [2.24, 2.45) is 0 Å². The molecule has 0 saturated heterocycles. The Kier molecular flexibility index (Phi) is 5.19. The smallest absolute Gasteiger partial charge is 0.132 e. The fourth-order valence-electron chi connectivity index (χ4n) is 1.69. The second-order valence-corrected chi connectivity index (χ2v) is 3.76. The predicted octanol–water partition coefficient (Wildman–Crippen LogP) is 1.97. The number of anilines is 1. The highest BCUT2D eigenvalue weighted by Crippen LogP contribution is 2.16. The lowest BCUT2D eigenvalue weighted by Gasteiger charge is -2.10. The standard InChI is InChI=1S/C12H21N3O/c1-5-10-9(2)12(13-3)15-11(14-10)7-6-8-16-4/h5-8H2,1-4H3,(H,13,14,15). The average molecular weight is 223 g/mol. The molecule has 0 unspecified atom stereocenters. The molecular weight excluding hydrogens is 202 g/mol. The summed E-state index contributed by atoms with van der Waals surface area (Å²) in [6.07, 6.45) is 2.78. The molecule has 0 amide bonds. The van der Waals surface area contributed by atoms with Crippen molar-refractivity contribution in [3.8, 4) is 0 Å². The van der Waals surface area contributed by atoms with Crippen LogP contribution in [0.1, 0.15) is 30.4 Å². The molecule has 0 aliphatic rings. The molecule has 1 heterocycles. The number of hydrogen-bond acceptors (Lipinski definition) is 4. The summed E-state index contributed by atoms with van der Waals surface area (Å²) in [6.45, 7) is 4.94. The van der Waals surface area contributed by atoms with Crippen LogP contribution in [0.25, 0.3) is 0 Å². The lowest BCUT2D eigenvalue weighted by atomic mass is 10.2. The van der Waals surface area contributed by atoms with Gasteiger partial charge in [0, 0.05) is 38.4 Å². The molecule has 0 atom stereocenters. The molecule has 0 radical (unpaired) electrons. The molecule has 4 heteroatoms. The number of aromatic nitrogens is 2. The molecule has 0 aliphatic heterocycles. The fourth-order valence-corrected chi connectivity index (χ4v) is 1.69. The van der Waals surface area contributed by atoms with Gasteiger partial charge in [0.15, 0.2) is 0 Å². The maximum atomic E-state index is 5.03. The minimum absolute atomic E-state index is 0.758. The molecule has 90 valence electrons. The minimum atomic E-state index is 0.758. The summed E-state index contributed by atoms with van der Waals surface area (Å²) in [6, 6.07) is 0. The van der Waals surface area contributed by atoms with E-state index in [0.29, 0.717) is 0 Å². The third-order valence-corrected chi connectivity index (χ3v) is 2.61. The van der Waals surface area contributed by atoms with Crippen molar-refractivity contribution < 1.29 is 4.74 Å². The van der Waals surface area contributed by atoms with Crippen LogP contribution in [0.3, 0.4) is 0 Å². The van der Waals surface area contributed by atoms with Crippen LogP contribution >= 0.6 is 0 Å². The maximum Gasteiger partial charge on any atom is 0.132 e. The normalized spacial score (nSPS) is 10.5. The van der Waals surface area contributed by atoms with Crippen LogP contribution in [-0.2, 0) is 17.6 Å². The van der Waals surface area contributed by atoms with Gasteiger partial charge in [-0.15, -0.1) is 0 Å². The number of nitrogens with one attached hydrogen (secondary N) is 1. The molecule has 0 spiro atoms. The van der Waals surface area contributed by atoms with Crippen molar-refractivity contribution >= 4 is 5.82 Å². The third-order valence-electron chi connectivity index (χ3n) is 2.61. The van der Waals surface area contributed by atoms with Crippen LogP contribution in [0, 0.1) is 6.92 Å². The zero-order chi connectivity index (χ0) is 12.0. The van der Waals surface area contributed by atoms with E-state index < -0.39 is 0 Å². The first-order chi connectivity index (χ1) is 7.72. The van der Waals surface area contributed by atoms with Gasteiger partial charge < -0.3 is 10.1 Å². The lowest BCUT2D eigenvalue weighted by Crippen LogP contribution is -2.07. The highest BCUT2D eigenvalue weighted by molar-refractivity contribution is 5.45. The van der Waals surface area contributed by atoms with Crippen molar-refractivity contribution in [2.75, 3.05) is 26.1 Å². The van der Waals surface area contributed by atoms with Crippen LogP contribution in [0.5, 0.6) is 0 Å². The van der Waals surface area contributed by atoms with E-state index in [0.717, 1.165) is 48.8 Å². The first-order valence-electron chi connectivity index (χ1n) is 5.76. The van der Waals surface area contributed by atoms with Crippen molar-refractivity contribution in [1.82, 2.24) is 9.97 Å². The van der Waals surface area contributed by atoms with Crippen molar-refractivity contribution in [3.05, 3.63) is 17.1 Å². The highest BCUT2D eigenvalue weighted by atomic mass is 16.5. The van der Waals surface area contributed by atoms with Crippen LogP contribution in [0.2, 0.25) is 0 Å². The molecule has 1 rings (SSSR count). The van der Waals surface area contributed by atoms with E-state index in [1.54, 1.807) is 7.11 Å². The number of ether oxygens (including phenoxy) is 1. The lowest BCUT2D eigenvalue weighted by molar-refractivity contribution is 0.194. The average Bonchev–Trinajstić information content (AvgIpc) is 2.31. The quantitative estimate of drug-likeness (QED) is 0.749. The molecule has 1 N–H and O–H groups in total. The van der Waals surface area contributed by atoms with E-state index in [1.165, 1.54) is 0 Å². The Labute approximate surface area is 97.5 Å². The van der Waals surface area contributed by atoms with E-state index >= 15 is 0 Å². The second-order valence-electron chi connectivity index (χ2n) is 3.76. The summed E-state index contributed by atoms with van der Waals surface area (Å²) < 4.78 is 5.03. The predicted molar refractivity (Wildman–Crippen MR) is 65.9 cm³/mol. The van der Waals surface area contributed by atoms with Gasteiger partial charge in [0.25, 0.3) is 0 Å². The number of methoxy groups -OCH3 is 1. The van der Waals surface area contributed by atoms with Gasteiger partial charge in [-0.1, -0.05) is 6.92 Å². The van der Waals surface area contributed by atoms with Gasteiger partial charge in [-0.05, 0) is 19.8 Å². The first-order valence-corrected chi connectivity index (χ1v) is 5.76. The molecule has 1 aromatic rings. The molecule has 0 aliphatic carbocycles. The SMILES string of the molecule is CCc1nc(CCCOC)nc(NC)c1C. The van der Waals surface area contributed by atoms with E-state index in [2.05, 4.69) is 29.1 Å². The van der Waals surface area contributed by atoms with E-state index in [1.807, 2.05) is 7.05 Å². The van der Waals surface area contributed by atoms with Crippen molar-refractivity contribution in [3.63, 3.8) is 0 Å². The number of nitrogens with zero attached hydrogens (tertiary/aromatic N) is 2. The Morgan fingerprint density at radius 2 is 2.06 bits per heavy atom. The fraction of sp³-hybridized carbons (Fsp3) is 0.667. The van der Waals surface area contributed by atoms with E-state index in [9.17, 15) is 0 Å². The Hall–Kier alpha value is -1.16. The zero-order valence-corrected chi connectivity index (χ0v) is 10.6. The summed E-state index contributed by atoms with van der Waals surface area (Å²) >= 11 is 0. The van der Waals surface area contributed by atoms with E-state index in [-0.39, 0.29) is 0 Å². The summed E-state index contributed by atoms with van der Waals surface area (Å²) in [7, 11) is 3.61. The monoisotopic (exact) mass is 223 g/mol. The summed E-state index contributed by atoms with van der Waals surface area (Å²) in [5, 5.41) is 3.12. The van der Waals surface area contributed by atoms with Gasteiger partial charge in [-0.3, -0.25) is 0 Å². The zero-order valence-electron chi connectivity index (χ0n) is 10.6. The molecule has 0 fully saturated rings.